The Kier molecular flexibility index (Phi) is 7.42. The fourth-order valence-corrected chi connectivity index (χ4v) is 1.03. The normalized spacial score (nSPS) is 12.9. The van der Waals surface area contributed by atoms with Crippen LogP contribution in [0, 0.1) is 5.92 Å². The highest BCUT2D eigenvalue weighted by molar-refractivity contribution is 5.81. The van der Waals surface area contributed by atoms with Crippen LogP contribution in [0.25, 0.3) is 0 Å². The second-order valence-electron chi connectivity index (χ2n) is 3.94. The third-order valence-electron chi connectivity index (χ3n) is 2.01. The van der Waals surface area contributed by atoms with Crippen molar-refractivity contribution in [3.05, 3.63) is 0 Å². The molecule has 0 bridgehead atoms. The van der Waals surface area contributed by atoms with E-state index in [1.54, 1.807) is 0 Å². The van der Waals surface area contributed by atoms with Gasteiger partial charge in [-0.1, -0.05) is 13.8 Å². The number of hydrogen-bond donors (Lipinski definition) is 3. The largest absolute Gasteiger partial charge is 0.355 e. The highest BCUT2D eigenvalue weighted by Crippen LogP contribution is 1.96. The fraction of sp³-hybridized carbons (Fsp3) is 0.900. The molecule has 0 aromatic heterocycles. The predicted octanol–water partition coefficient (Wildman–Crippen LogP) is 0.0855. The summed E-state index contributed by atoms with van der Waals surface area (Å²) in [6.07, 6.45) is 1.02. The lowest BCUT2D eigenvalue weighted by atomic mass is 10.1. The van der Waals surface area contributed by atoms with Crippen molar-refractivity contribution in [1.82, 2.24) is 10.6 Å². The molecule has 84 valence electrons. The lowest BCUT2D eigenvalue weighted by molar-refractivity contribution is -0.122. The first-order valence-electron chi connectivity index (χ1n) is 5.29. The second-order valence-corrected chi connectivity index (χ2v) is 3.94. The van der Waals surface area contributed by atoms with Crippen molar-refractivity contribution in [2.75, 3.05) is 19.6 Å². The summed E-state index contributed by atoms with van der Waals surface area (Å²) in [5, 5.41) is 5.91. The van der Waals surface area contributed by atoms with Crippen LogP contribution in [0.2, 0.25) is 0 Å². The van der Waals surface area contributed by atoms with E-state index in [-0.39, 0.29) is 11.9 Å². The molecule has 4 N–H and O–H groups in total. The lowest BCUT2D eigenvalue weighted by Crippen LogP contribution is -2.44. The molecular formula is C10H23N3O. The molecule has 0 radical (unpaired) electrons. The molecular weight excluding hydrogens is 178 g/mol. The Hall–Kier alpha value is -0.610. The van der Waals surface area contributed by atoms with Crippen molar-refractivity contribution in [3.63, 3.8) is 0 Å². The number of nitrogens with one attached hydrogen (secondary N) is 2. The first-order chi connectivity index (χ1) is 6.57. The first-order valence-corrected chi connectivity index (χ1v) is 5.29. The molecule has 0 aliphatic rings. The molecule has 0 rings (SSSR count). The maximum Gasteiger partial charge on any atom is 0.236 e. The Morgan fingerprint density at radius 1 is 1.29 bits per heavy atom. The van der Waals surface area contributed by atoms with Gasteiger partial charge < -0.3 is 16.4 Å². The minimum atomic E-state index is -0.147. The van der Waals surface area contributed by atoms with Gasteiger partial charge >= 0.3 is 0 Å². The summed E-state index contributed by atoms with van der Waals surface area (Å²) in [5.74, 6) is 0.682. The Morgan fingerprint density at radius 3 is 2.43 bits per heavy atom. The monoisotopic (exact) mass is 201 g/mol. The van der Waals surface area contributed by atoms with Gasteiger partial charge in [-0.15, -0.1) is 0 Å². The van der Waals surface area contributed by atoms with Crippen LogP contribution in [-0.4, -0.2) is 31.6 Å². The third kappa shape index (κ3) is 6.86. The van der Waals surface area contributed by atoms with E-state index in [1.165, 1.54) is 0 Å². The first kappa shape index (κ1) is 13.4. The third-order valence-corrected chi connectivity index (χ3v) is 2.01. The van der Waals surface area contributed by atoms with E-state index in [1.807, 2.05) is 6.92 Å². The summed E-state index contributed by atoms with van der Waals surface area (Å²) >= 11 is 0. The smallest absolute Gasteiger partial charge is 0.236 e. The van der Waals surface area contributed by atoms with E-state index in [0.29, 0.717) is 19.0 Å². The molecule has 0 fully saturated rings. The van der Waals surface area contributed by atoms with Gasteiger partial charge in [-0.05, 0) is 19.3 Å². The average molecular weight is 201 g/mol. The van der Waals surface area contributed by atoms with Crippen LogP contribution in [0.5, 0.6) is 0 Å². The molecule has 4 heteroatoms. The average Bonchev–Trinajstić information content (AvgIpc) is 2.13. The molecule has 0 aromatic rings. The van der Waals surface area contributed by atoms with Crippen molar-refractivity contribution < 1.29 is 4.79 Å². The van der Waals surface area contributed by atoms with E-state index in [9.17, 15) is 4.79 Å². The zero-order valence-electron chi connectivity index (χ0n) is 9.47. The van der Waals surface area contributed by atoms with E-state index >= 15 is 0 Å². The van der Waals surface area contributed by atoms with Crippen LogP contribution < -0.4 is 16.4 Å². The molecule has 0 saturated carbocycles. The summed E-state index contributed by atoms with van der Waals surface area (Å²) in [6, 6.07) is -0.147. The van der Waals surface area contributed by atoms with Crippen LogP contribution in [0.3, 0.4) is 0 Å². The van der Waals surface area contributed by atoms with Crippen LogP contribution in [0.1, 0.15) is 27.2 Å². The quantitative estimate of drug-likeness (QED) is 0.546. The zero-order chi connectivity index (χ0) is 11.0. The van der Waals surface area contributed by atoms with Crippen molar-refractivity contribution in [2.45, 2.75) is 33.2 Å². The molecule has 4 nitrogen and oxygen atoms in total. The van der Waals surface area contributed by atoms with Gasteiger partial charge in [0.2, 0.25) is 5.91 Å². The molecule has 1 atom stereocenters. The second kappa shape index (κ2) is 7.76. The summed E-state index contributed by atoms with van der Waals surface area (Å²) in [7, 11) is 0. The summed E-state index contributed by atoms with van der Waals surface area (Å²) in [4.78, 5) is 11.4. The predicted molar refractivity (Wildman–Crippen MR) is 59.0 cm³/mol. The van der Waals surface area contributed by atoms with Gasteiger partial charge in [0.25, 0.3) is 0 Å². The van der Waals surface area contributed by atoms with Crippen LogP contribution >= 0.6 is 0 Å². The minimum Gasteiger partial charge on any atom is -0.355 e. The van der Waals surface area contributed by atoms with Crippen molar-refractivity contribution in [2.24, 2.45) is 11.7 Å². The summed E-state index contributed by atoms with van der Waals surface area (Å²) in [5.41, 5.74) is 5.32. The van der Waals surface area contributed by atoms with Gasteiger partial charge in [-0.3, -0.25) is 4.79 Å². The van der Waals surface area contributed by atoms with E-state index < -0.39 is 0 Å². The highest BCUT2D eigenvalue weighted by Gasteiger charge is 2.10. The number of amides is 1. The van der Waals surface area contributed by atoms with Gasteiger partial charge in [0.05, 0.1) is 6.04 Å². The molecule has 0 spiro atoms. The van der Waals surface area contributed by atoms with Gasteiger partial charge in [0.15, 0.2) is 0 Å². The maximum atomic E-state index is 11.4. The molecule has 0 heterocycles. The molecule has 0 aliphatic heterocycles. The Labute approximate surface area is 86.6 Å². The van der Waals surface area contributed by atoms with E-state index in [4.69, 9.17) is 5.73 Å². The van der Waals surface area contributed by atoms with Crippen molar-refractivity contribution >= 4 is 5.91 Å². The maximum absolute atomic E-state index is 11.4. The van der Waals surface area contributed by atoms with E-state index in [0.717, 1.165) is 13.0 Å². The Morgan fingerprint density at radius 2 is 1.93 bits per heavy atom. The SMILES string of the molecule is CC(C)CCNC(=O)C(C)NCCN. The Balaban J connectivity index is 3.52. The van der Waals surface area contributed by atoms with Gasteiger partial charge in [0, 0.05) is 19.6 Å². The van der Waals surface area contributed by atoms with Gasteiger partial charge in [-0.2, -0.15) is 0 Å². The molecule has 0 saturated heterocycles. The minimum absolute atomic E-state index is 0.0547. The highest BCUT2D eigenvalue weighted by atomic mass is 16.2. The number of hydrogen-bond acceptors (Lipinski definition) is 3. The number of carbonyl (C=O) groups is 1. The number of rotatable bonds is 7. The van der Waals surface area contributed by atoms with Crippen LogP contribution in [0.15, 0.2) is 0 Å². The molecule has 0 aliphatic carbocycles. The Bertz CT molecular complexity index is 159. The van der Waals surface area contributed by atoms with Crippen LogP contribution in [0.4, 0.5) is 0 Å². The topological polar surface area (TPSA) is 67.2 Å². The van der Waals surface area contributed by atoms with Gasteiger partial charge in [0.1, 0.15) is 0 Å². The van der Waals surface area contributed by atoms with Crippen molar-refractivity contribution in [3.8, 4) is 0 Å². The molecule has 0 aromatic carbocycles. The standard InChI is InChI=1S/C10H23N3O/c1-8(2)4-6-13-10(14)9(3)12-7-5-11/h8-9,12H,4-7,11H2,1-3H3,(H,13,14). The summed E-state index contributed by atoms with van der Waals surface area (Å²) in [6.45, 7) is 8.12. The molecule has 1 amide bonds. The zero-order valence-corrected chi connectivity index (χ0v) is 9.47. The van der Waals surface area contributed by atoms with Crippen LogP contribution in [-0.2, 0) is 4.79 Å². The number of carbonyl (C=O) groups excluding carboxylic acids is 1. The fourth-order valence-electron chi connectivity index (χ4n) is 1.03. The van der Waals surface area contributed by atoms with Gasteiger partial charge in [-0.25, -0.2) is 0 Å². The lowest BCUT2D eigenvalue weighted by Gasteiger charge is -2.13. The molecule has 1 unspecified atom stereocenters. The number of nitrogens with two attached hydrogens (primary N) is 1. The molecule has 14 heavy (non-hydrogen) atoms. The van der Waals surface area contributed by atoms with E-state index in [2.05, 4.69) is 24.5 Å². The summed E-state index contributed by atoms with van der Waals surface area (Å²) < 4.78 is 0. The van der Waals surface area contributed by atoms with Crippen molar-refractivity contribution in [1.29, 1.82) is 0 Å².